The van der Waals surface area contributed by atoms with Crippen molar-refractivity contribution in [1.29, 1.82) is 0 Å². The van der Waals surface area contributed by atoms with Crippen LogP contribution in [-0.4, -0.2) is 28.8 Å². The molecule has 4 N–H and O–H groups in total. The number of primary sulfonamides is 1. The van der Waals surface area contributed by atoms with Gasteiger partial charge in [0.05, 0.1) is 11.3 Å². The molecule has 0 spiro atoms. The third-order valence-corrected chi connectivity index (χ3v) is 2.75. The van der Waals surface area contributed by atoms with Crippen molar-refractivity contribution < 1.29 is 13.5 Å². The van der Waals surface area contributed by atoms with Crippen LogP contribution in [0, 0.1) is 6.92 Å². The van der Waals surface area contributed by atoms with E-state index in [1.54, 1.807) is 0 Å². The first-order chi connectivity index (χ1) is 7.22. The number of hydrogen-bond acceptors (Lipinski definition) is 5. The van der Waals surface area contributed by atoms with Crippen LogP contribution in [0.25, 0.3) is 0 Å². The van der Waals surface area contributed by atoms with Gasteiger partial charge < -0.3 is 5.11 Å². The lowest BCUT2D eigenvalue weighted by Gasteiger charge is -2.08. The maximum atomic E-state index is 11.2. The molecule has 9 heteroatoms. The van der Waals surface area contributed by atoms with Gasteiger partial charge >= 0.3 is 5.69 Å². The number of nitrogens with one attached hydrogen (secondary N) is 1. The van der Waals surface area contributed by atoms with Gasteiger partial charge in [0.1, 0.15) is 0 Å². The fourth-order valence-electron chi connectivity index (χ4n) is 1.08. The Labute approximate surface area is 90.4 Å². The molecule has 90 valence electrons. The van der Waals surface area contributed by atoms with Gasteiger partial charge in [-0.1, -0.05) is 0 Å². The Morgan fingerprint density at radius 2 is 2.00 bits per heavy atom. The molecule has 0 bridgehead atoms. The van der Waals surface area contributed by atoms with Gasteiger partial charge in [0, 0.05) is 6.54 Å². The summed E-state index contributed by atoms with van der Waals surface area (Å²) >= 11 is 0. The van der Waals surface area contributed by atoms with Crippen LogP contribution >= 0.6 is 0 Å². The maximum absolute atomic E-state index is 11.2. The Kier molecular flexibility index (Phi) is 3.19. The fraction of sp³-hybridized carbons (Fsp3) is 0.429. The van der Waals surface area contributed by atoms with E-state index in [1.165, 1.54) is 6.92 Å². The first-order valence-corrected chi connectivity index (χ1v) is 5.97. The number of nitrogens with two attached hydrogens (primary N) is 1. The molecular formula is C7H11N3O5S. The molecule has 16 heavy (non-hydrogen) atoms. The predicted octanol–water partition coefficient (Wildman–Crippen LogP) is -2.16. The van der Waals surface area contributed by atoms with Crippen molar-refractivity contribution in [3.8, 4) is 5.88 Å². The molecule has 0 amide bonds. The minimum Gasteiger partial charge on any atom is -0.494 e. The van der Waals surface area contributed by atoms with E-state index in [0.29, 0.717) is 0 Å². The summed E-state index contributed by atoms with van der Waals surface area (Å²) in [4.78, 5) is 24.2. The molecule has 0 aromatic carbocycles. The normalized spacial score (nSPS) is 11.6. The number of aromatic nitrogens is 2. The van der Waals surface area contributed by atoms with E-state index in [9.17, 15) is 23.1 Å². The van der Waals surface area contributed by atoms with Gasteiger partial charge in [-0.15, -0.1) is 0 Å². The topological polar surface area (TPSA) is 135 Å². The minimum absolute atomic E-state index is 0.0611. The molecule has 0 radical (unpaired) electrons. The molecular weight excluding hydrogens is 238 g/mol. The van der Waals surface area contributed by atoms with Crippen molar-refractivity contribution in [2.45, 2.75) is 13.5 Å². The second kappa shape index (κ2) is 4.10. The van der Waals surface area contributed by atoms with E-state index in [2.05, 4.69) is 0 Å². The lowest BCUT2D eigenvalue weighted by atomic mass is 10.3. The largest absolute Gasteiger partial charge is 0.494 e. The highest BCUT2D eigenvalue weighted by Crippen LogP contribution is 2.07. The Hall–Kier alpha value is -1.61. The van der Waals surface area contributed by atoms with E-state index in [-0.39, 0.29) is 12.1 Å². The molecule has 1 aromatic rings. The highest BCUT2D eigenvalue weighted by molar-refractivity contribution is 7.89. The van der Waals surface area contributed by atoms with Gasteiger partial charge in [-0.25, -0.2) is 18.4 Å². The van der Waals surface area contributed by atoms with Crippen LogP contribution in [-0.2, 0) is 16.6 Å². The summed E-state index contributed by atoms with van der Waals surface area (Å²) < 4.78 is 22.1. The average molecular weight is 249 g/mol. The lowest BCUT2D eigenvalue weighted by molar-refractivity contribution is 0.401. The second-order valence-electron chi connectivity index (χ2n) is 3.23. The number of nitrogens with zero attached hydrogens (tertiary/aromatic N) is 1. The highest BCUT2D eigenvalue weighted by Gasteiger charge is 2.12. The maximum Gasteiger partial charge on any atom is 0.331 e. The molecule has 1 rings (SSSR count). The summed E-state index contributed by atoms with van der Waals surface area (Å²) in [5.41, 5.74) is -1.65. The summed E-state index contributed by atoms with van der Waals surface area (Å²) in [7, 11) is -3.74. The molecule has 1 aromatic heterocycles. The van der Waals surface area contributed by atoms with Crippen LogP contribution in [0.2, 0.25) is 0 Å². The molecule has 8 nitrogen and oxygen atoms in total. The fourth-order valence-corrected chi connectivity index (χ4v) is 1.52. The van der Waals surface area contributed by atoms with Crippen molar-refractivity contribution in [2.75, 3.05) is 5.75 Å². The quantitative estimate of drug-likeness (QED) is 0.560. The third-order valence-electron chi connectivity index (χ3n) is 2.00. The van der Waals surface area contributed by atoms with Crippen molar-refractivity contribution >= 4 is 10.0 Å². The monoisotopic (exact) mass is 249 g/mol. The van der Waals surface area contributed by atoms with Crippen molar-refractivity contribution in [3.05, 3.63) is 26.4 Å². The minimum atomic E-state index is -3.74. The number of aromatic hydroxyl groups is 1. The predicted molar refractivity (Wildman–Crippen MR) is 55.7 cm³/mol. The summed E-state index contributed by atoms with van der Waals surface area (Å²) in [5.74, 6) is -1.07. The van der Waals surface area contributed by atoms with Gasteiger partial charge in [0.25, 0.3) is 5.56 Å². The van der Waals surface area contributed by atoms with E-state index in [0.717, 1.165) is 4.57 Å². The van der Waals surface area contributed by atoms with Crippen LogP contribution in [0.15, 0.2) is 9.59 Å². The molecule has 0 saturated heterocycles. The Bertz CT molecular complexity index is 612. The Balaban J connectivity index is 3.21. The van der Waals surface area contributed by atoms with Crippen LogP contribution in [0.3, 0.4) is 0 Å². The average Bonchev–Trinajstić information content (AvgIpc) is 2.12. The Morgan fingerprint density at radius 1 is 1.44 bits per heavy atom. The molecule has 0 unspecified atom stereocenters. The Morgan fingerprint density at radius 3 is 2.50 bits per heavy atom. The number of aromatic amines is 1. The lowest BCUT2D eigenvalue weighted by Crippen LogP contribution is -2.33. The van der Waals surface area contributed by atoms with E-state index in [4.69, 9.17) is 5.14 Å². The van der Waals surface area contributed by atoms with Gasteiger partial charge in [-0.2, -0.15) is 0 Å². The zero-order valence-corrected chi connectivity index (χ0v) is 9.24. The van der Waals surface area contributed by atoms with Crippen LogP contribution in [0.1, 0.15) is 5.56 Å². The number of rotatable bonds is 3. The molecule has 0 aliphatic heterocycles. The van der Waals surface area contributed by atoms with Crippen molar-refractivity contribution in [2.24, 2.45) is 5.14 Å². The first-order valence-electron chi connectivity index (χ1n) is 4.25. The molecule has 0 aliphatic rings. The summed E-state index contributed by atoms with van der Waals surface area (Å²) in [6, 6.07) is 0. The zero-order chi connectivity index (χ0) is 12.5. The summed E-state index contributed by atoms with van der Waals surface area (Å²) in [5, 5.41) is 14.2. The van der Waals surface area contributed by atoms with Crippen molar-refractivity contribution in [1.82, 2.24) is 9.55 Å². The summed E-state index contributed by atoms with van der Waals surface area (Å²) in [6.07, 6.45) is 0. The summed E-state index contributed by atoms with van der Waals surface area (Å²) in [6.45, 7) is 0.988. The zero-order valence-electron chi connectivity index (χ0n) is 8.43. The smallest absolute Gasteiger partial charge is 0.331 e. The molecule has 0 saturated carbocycles. The van der Waals surface area contributed by atoms with Gasteiger partial charge in [0.15, 0.2) is 0 Å². The van der Waals surface area contributed by atoms with E-state index >= 15 is 0 Å². The standard InChI is InChI=1S/C7H11N3O5S/c1-4-5(11)9-7(13)10(6(4)12)2-3-16(8,14)15/h12H,2-3H2,1H3,(H2,8,14,15)(H,9,11,13). The molecule has 1 heterocycles. The van der Waals surface area contributed by atoms with E-state index < -0.39 is 32.9 Å². The molecule has 0 fully saturated rings. The van der Waals surface area contributed by atoms with Crippen LogP contribution in [0.5, 0.6) is 5.88 Å². The number of H-pyrrole nitrogens is 1. The molecule has 0 aliphatic carbocycles. The third kappa shape index (κ3) is 2.70. The van der Waals surface area contributed by atoms with Crippen LogP contribution in [0.4, 0.5) is 0 Å². The first kappa shape index (κ1) is 12.5. The van der Waals surface area contributed by atoms with Gasteiger partial charge in [0.2, 0.25) is 15.9 Å². The highest BCUT2D eigenvalue weighted by atomic mass is 32.2. The van der Waals surface area contributed by atoms with Crippen molar-refractivity contribution in [3.63, 3.8) is 0 Å². The number of hydrogen-bond donors (Lipinski definition) is 3. The van der Waals surface area contributed by atoms with E-state index in [1.807, 2.05) is 4.98 Å². The second-order valence-corrected chi connectivity index (χ2v) is 4.96. The SMILES string of the molecule is Cc1c(O)n(CCS(N)(=O)=O)c(=O)[nH]c1=O. The van der Waals surface area contributed by atoms with Crippen LogP contribution < -0.4 is 16.4 Å². The molecule has 0 atom stereocenters. The number of sulfonamides is 1. The van der Waals surface area contributed by atoms with Gasteiger partial charge in [-0.05, 0) is 6.92 Å². The van der Waals surface area contributed by atoms with Gasteiger partial charge in [-0.3, -0.25) is 14.3 Å².